The molecule has 0 radical (unpaired) electrons. The van der Waals surface area contributed by atoms with Crippen molar-refractivity contribution in [2.24, 2.45) is 0 Å². The van der Waals surface area contributed by atoms with Crippen LogP contribution >= 0.6 is 0 Å². The summed E-state index contributed by atoms with van der Waals surface area (Å²) in [6.45, 7) is 4.08. The van der Waals surface area contributed by atoms with E-state index in [9.17, 15) is 4.79 Å². The molecule has 4 nitrogen and oxygen atoms in total. The summed E-state index contributed by atoms with van der Waals surface area (Å²) in [5.74, 6) is -0.0151. The number of H-pyrrole nitrogens is 1. The first kappa shape index (κ1) is 11.7. The van der Waals surface area contributed by atoms with E-state index in [0.717, 1.165) is 0 Å². The highest BCUT2D eigenvalue weighted by Crippen LogP contribution is 1.80. The van der Waals surface area contributed by atoms with Gasteiger partial charge in [0, 0.05) is 0 Å². The number of aromatic amines is 1. The number of nitrogens with zero attached hydrogens (tertiary/aromatic N) is 1. The van der Waals surface area contributed by atoms with Crippen LogP contribution in [0.15, 0.2) is 31.5 Å². The molecular formula is C8H12ClN3O. The van der Waals surface area contributed by atoms with Crippen LogP contribution in [0.3, 0.4) is 0 Å². The molecule has 0 aliphatic carbocycles. The molecule has 1 rings (SSSR count). The van der Waals surface area contributed by atoms with Crippen LogP contribution in [-0.2, 0) is 11.3 Å². The predicted octanol–water partition coefficient (Wildman–Crippen LogP) is -3.04. The molecule has 0 fully saturated rings. The molecule has 0 saturated carbocycles. The topological polar surface area (TPSA) is 48.8 Å². The SMILES string of the molecule is C=CNC(=O)CC[n+]1cc[nH]c1.[Cl-]. The highest BCUT2D eigenvalue weighted by Gasteiger charge is 2.01. The van der Waals surface area contributed by atoms with Crippen LogP contribution < -0.4 is 22.3 Å². The summed E-state index contributed by atoms with van der Waals surface area (Å²) in [6, 6.07) is 0. The van der Waals surface area contributed by atoms with Gasteiger partial charge in [-0.3, -0.25) is 9.78 Å². The van der Waals surface area contributed by atoms with E-state index < -0.39 is 0 Å². The molecule has 5 heteroatoms. The van der Waals surface area contributed by atoms with Crippen molar-refractivity contribution < 1.29 is 21.8 Å². The largest absolute Gasteiger partial charge is 1.00 e. The number of hydrogen-bond acceptors (Lipinski definition) is 1. The van der Waals surface area contributed by atoms with Crippen molar-refractivity contribution in [1.82, 2.24) is 10.3 Å². The number of hydrogen-bond donors (Lipinski definition) is 2. The van der Waals surface area contributed by atoms with Gasteiger partial charge in [0.1, 0.15) is 12.4 Å². The summed E-state index contributed by atoms with van der Waals surface area (Å²) in [7, 11) is 0. The van der Waals surface area contributed by atoms with Gasteiger partial charge in [-0.25, -0.2) is 4.57 Å². The Labute approximate surface area is 83.1 Å². The predicted molar refractivity (Wildman–Crippen MR) is 43.9 cm³/mol. The fourth-order valence-corrected chi connectivity index (χ4v) is 0.876. The van der Waals surface area contributed by atoms with Crippen molar-refractivity contribution in [3.8, 4) is 0 Å². The lowest BCUT2D eigenvalue weighted by Gasteiger charge is -1.96. The number of carbonyl (C=O) groups is 1. The fourth-order valence-electron chi connectivity index (χ4n) is 0.876. The Bertz CT molecular complexity index is 258. The molecular weight excluding hydrogens is 190 g/mol. The normalized spacial score (nSPS) is 8.62. The van der Waals surface area contributed by atoms with E-state index in [-0.39, 0.29) is 18.3 Å². The first-order chi connectivity index (χ1) is 5.83. The second-order valence-corrected chi connectivity index (χ2v) is 2.37. The summed E-state index contributed by atoms with van der Waals surface area (Å²) in [5, 5.41) is 2.51. The van der Waals surface area contributed by atoms with Crippen molar-refractivity contribution in [1.29, 1.82) is 0 Å². The van der Waals surface area contributed by atoms with E-state index in [2.05, 4.69) is 16.9 Å². The van der Waals surface area contributed by atoms with Gasteiger partial charge in [-0.05, 0) is 6.20 Å². The van der Waals surface area contributed by atoms with E-state index in [1.165, 1.54) is 6.20 Å². The van der Waals surface area contributed by atoms with Crippen molar-refractivity contribution in [3.05, 3.63) is 31.5 Å². The van der Waals surface area contributed by atoms with Gasteiger partial charge in [0.05, 0.1) is 13.0 Å². The van der Waals surface area contributed by atoms with Gasteiger partial charge < -0.3 is 17.7 Å². The first-order valence-electron chi connectivity index (χ1n) is 3.75. The molecule has 0 unspecified atom stereocenters. The number of amides is 1. The van der Waals surface area contributed by atoms with Crippen LogP contribution in [0, 0.1) is 0 Å². The second-order valence-electron chi connectivity index (χ2n) is 2.37. The summed E-state index contributed by atoms with van der Waals surface area (Å²) in [5.41, 5.74) is 0. The molecule has 1 heterocycles. The lowest BCUT2D eigenvalue weighted by atomic mass is 10.4. The lowest BCUT2D eigenvalue weighted by Crippen LogP contribution is -3.00. The standard InChI is InChI=1S/C8H11N3O.ClH/c1-2-10-8(12)3-5-11-6-4-9-7-11;/h2,4,6-7H,1,3,5H2,(H,10,12);1H. The average Bonchev–Trinajstić information content (AvgIpc) is 2.53. The van der Waals surface area contributed by atoms with E-state index >= 15 is 0 Å². The minimum absolute atomic E-state index is 0. The Morgan fingerprint density at radius 3 is 3.00 bits per heavy atom. The molecule has 0 aliphatic heterocycles. The van der Waals surface area contributed by atoms with Crippen molar-refractivity contribution in [2.45, 2.75) is 13.0 Å². The number of nitrogens with one attached hydrogen (secondary N) is 2. The highest BCUT2D eigenvalue weighted by atomic mass is 35.5. The molecule has 1 aromatic heterocycles. The van der Waals surface area contributed by atoms with E-state index in [1.807, 2.05) is 17.0 Å². The third-order valence-electron chi connectivity index (χ3n) is 1.46. The molecule has 13 heavy (non-hydrogen) atoms. The Morgan fingerprint density at radius 1 is 1.69 bits per heavy atom. The third kappa shape index (κ3) is 4.32. The maximum Gasteiger partial charge on any atom is 0.241 e. The Hall–Kier alpha value is -1.29. The van der Waals surface area contributed by atoms with E-state index in [1.54, 1.807) is 6.33 Å². The first-order valence-corrected chi connectivity index (χ1v) is 3.75. The Balaban J connectivity index is 0.00000144. The molecule has 0 atom stereocenters. The zero-order valence-corrected chi connectivity index (χ0v) is 7.92. The Kier molecular flexibility index (Phi) is 5.63. The number of aryl methyl sites for hydroxylation is 1. The molecule has 1 amide bonds. The quantitative estimate of drug-likeness (QED) is 0.500. The average molecular weight is 202 g/mol. The van der Waals surface area contributed by atoms with Gasteiger partial charge in [-0.2, -0.15) is 0 Å². The van der Waals surface area contributed by atoms with Crippen molar-refractivity contribution >= 4 is 5.91 Å². The Morgan fingerprint density at radius 2 is 2.46 bits per heavy atom. The smallest absolute Gasteiger partial charge is 0.241 e. The number of carbonyl (C=O) groups excluding carboxylic acids is 1. The van der Waals surface area contributed by atoms with Gasteiger partial charge in [-0.1, -0.05) is 6.58 Å². The zero-order chi connectivity index (χ0) is 8.81. The van der Waals surface area contributed by atoms with Crippen LogP contribution in [0.1, 0.15) is 6.42 Å². The molecule has 1 aromatic rings. The van der Waals surface area contributed by atoms with E-state index in [4.69, 9.17) is 0 Å². The van der Waals surface area contributed by atoms with Crippen LogP contribution in [0.4, 0.5) is 0 Å². The number of halogens is 1. The minimum Gasteiger partial charge on any atom is -1.00 e. The van der Waals surface area contributed by atoms with Crippen LogP contribution in [0.2, 0.25) is 0 Å². The number of aromatic nitrogens is 2. The summed E-state index contributed by atoms with van der Waals surface area (Å²) >= 11 is 0. The molecule has 72 valence electrons. The summed E-state index contributed by atoms with van der Waals surface area (Å²) < 4.78 is 1.91. The number of rotatable bonds is 4. The molecule has 0 aliphatic rings. The molecule has 0 spiro atoms. The van der Waals surface area contributed by atoms with Crippen molar-refractivity contribution in [3.63, 3.8) is 0 Å². The molecule has 0 saturated heterocycles. The van der Waals surface area contributed by atoms with Gasteiger partial charge in [0.25, 0.3) is 0 Å². The second kappa shape index (κ2) is 6.25. The molecule has 0 bridgehead atoms. The summed E-state index contributed by atoms with van der Waals surface area (Å²) in [6.07, 6.45) is 7.35. The molecule has 0 aromatic carbocycles. The maximum atomic E-state index is 10.9. The van der Waals surface area contributed by atoms with Gasteiger partial charge in [0.2, 0.25) is 12.2 Å². The van der Waals surface area contributed by atoms with E-state index in [0.29, 0.717) is 13.0 Å². The molecule has 2 N–H and O–H groups in total. The lowest BCUT2D eigenvalue weighted by molar-refractivity contribution is -0.694. The van der Waals surface area contributed by atoms with Gasteiger partial charge >= 0.3 is 0 Å². The van der Waals surface area contributed by atoms with Gasteiger partial charge in [-0.15, -0.1) is 0 Å². The van der Waals surface area contributed by atoms with Gasteiger partial charge in [0.15, 0.2) is 0 Å². The third-order valence-corrected chi connectivity index (χ3v) is 1.46. The summed E-state index contributed by atoms with van der Waals surface area (Å²) in [4.78, 5) is 13.8. The fraction of sp³-hybridized carbons (Fsp3) is 0.250. The highest BCUT2D eigenvalue weighted by molar-refractivity contribution is 5.76. The zero-order valence-electron chi connectivity index (χ0n) is 7.16. The van der Waals surface area contributed by atoms with Crippen molar-refractivity contribution in [2.75, 3.05) is 0 Å². The van der Waals surface area contributed by atoms with Crippen LogP contribution in [-0.4, -0.2) is 10.9 Å². The maximum absolute atomic E-state index is 10.9. The number of imidazole rings is 1. The van der Waals surface area contributed by atoms with Crippen LogP contribution in [0.5, 0.6) is 0 Å². The van der Waals surface area contributed by atoms with Crippen LogP contribution in [0.25, 0.3) is 0 Å². The monoisotopic (exact) mass is 201 g/mol. The minimum atomic E-state index is -0.0151.